The van der Waals surface area contributed by atoms with Gasteiger partial charge in [-0.15, -0.1) is 13.2 Å². The molecule has 3 aliphatic rings. The van der Waals surface area contributed by atoms with Gasteiger partial charge in [0.1, 0.15) is 0 Å². The van der Waals surface area contributed by atoms with E-state index in [0.717, 1.165) is 18.8 Å². The van der Waals surface area contributed by atoms with E-state index in [1.54, 1.807) is 0 Å². The number of hydrogen-bond acceptors (Lipinski definition) is 1. The van der Waals surface area contributed by atoms with Crippen molar-refractivity contribution < 1.29 is 0 Å². The molecule has 0 spiro atoms. The number of rotatable bonds is 4. The molecule has 3 rings (SSSR count). The zero-order chi connectivity index (χ0) is 20.3. The largest absolute Gasteiger partial charge is 0.198 e. The summed E-state index contributed by atoms with van der Waals surface area (Å²) in [6.07, 6.45) is 10.6. The average molecular weight is 368 g/mol. The summed E-state index contributed by atoms with van der Waals surface area (Å²) < 4.78 is 0. The van der Waals surface area contributed by atoms with Gasteiger partial charge in [0, 0.05) is 0 Å². The first-order valence-electron chi connectivity index (χ1n) is 11.2. The fourth-order valence-corrected chi connectivity index (χ4v) is 8.10. The van der Waals surface area contributed by atoms with Gasteiger partial charge in [-0.3, -0.25) is 0 Å². The highest BCUT2D eigenvalue weighted by atomic mass is 14.7. The molecule has 0 saturated heterocycles. The Hall–Kier alpha value is -1.03. The molecule has 2 bridgehead atoms. The van der Waals surface area contributed by atoms with Gasteiger partial charge in [0.05, 0.1) is 12.0 Å². The van der Waals surface area contributed by atoms with Crippen molar-refractivity contribution in [2.75, 3.05) is 0 Å². The molecule has 0 aliphatic heterocycles. The summed E-state index contributed by atoms with van der Waals surface area (Å²) in [5.41, 5.74) is 2.30. The molecule has 0 heterocycles. The first-order valence-corrected chi connectivity index (χ1v) is 11.2. The van der Waals surface area contributed by atoms with E-state index in [9.17, 15) is 5.26 Å². The first-order chi connectivity index (χ1) is 12.5. The lowest BCUT2D eigenvalue weighted by Gasteiger charge is -2.57. The number of allylic oxidation sites excluding steroid dienone is 2. The highest BCUT2D eigenvalue weighted by Gasteiger charge is 2.66. The van der Waals surface area contributed by atoms with Crippen LogP contribution in [0.3, 0.4) is 0 Å². The zero-order valence-electron chi connectivity index (χ0n) is 18.7. The van der Waals surface area contributed by atoms with E-state index in [0.29, 0.717) is 22.7 Å². The predicted molar refractivity (Wildman–Crippen MR) is 115 cm³/mol. The summed E-state index contributed by atoms with van der Waals surface area (Å²) in [6, 6.07) is 2.80. The first kappa shape index (κ1) is 20.7. The Labute approximate surface area is 168 Å². The third-order valence-corrected chi connectivity index (χ3v) is 9.96. The minimum atomic E-state index is 0.170. The van der Waals surface area contributed by atoms with Crippen molar-refractivity contribution in [3.05, 3.63) is 24.8 Å². The maximum atomic E-state index is 10.2. The maximum absolute atomic E-state index is 10.2. The molecule has 8 atom stereocenters. The summed E-state index contributed by atoms with van der Waals surface area (Å²) in [4.78, 5) is 0. The molecule has 3 fully saturated rings. The van der Waals surface area contributed by atoms with E-state index in [4.69, 9.17) is 0 Å². The van der Waals surface area contributed by atoms with Gasteiger partial charge in [-0.1, -0.05) is 52.7 Å². The van der Waals surface area contributed by atoms with Gasteiger partial charge < -0.3 is 0 Å². The van der Waals surface area contributed by atoms with E-state index in [2.05, 4.69) is 66.8 Å². The van der Waals surface area contributed by atoms with Crippen LogP contribution < -0.4 is 0 Å². The molecule has 0 N–H and O–H groups in total. The lowest BCUT2D eigenvalue weighted by molar-refractivity contribution is -0.0708. The molecule has 1 nitrogen and oxygen atoms in total. The molecule has 0 amide bonds. The summed E-state index contributed by atoms with van der Waals surface area (Å²) in [7, 11) is 0. The third-order valence-electron chi connectivity index (χ3n) is 9.96. The van der Waals surface area contributed by atoms with E-state index < -0.39 is 0 Å². The van der Waals surface area contributed by atoms with Gasteiger partial charge in [-0.05, 0) is 84.9 Å². The van der Waals surface area contributed by atoms with E-state index in [-0.39, 0.29) is 16.7 Å². The minimum Gasteiger partial charge on any atom is -0.198 e. The molecule has 3 aliphatic carbocycles. The number of fused-ring (bicyclic) bond motifs is 4. The molecular formula is C26H41N. The van der Waals surface area contributed by atoms with Crippen LogP contribution in [0, 0.1) is 56.7 Å². The molecule has 0 aromatic heterocycles. The monoisotopic (exact) mass is 367 g/mol. The van der Waals surface area contributed by atoms with Crippen molar-refractivity contribution >= 4 is 0 Å². The quantitative estimate of drug-likeness (QED) is 0.470. The van der Waals surface area contributed by atoms with Crippen molar-refractivity contribution in [3.63, 3.8) is 0 Å². The molecule has 27 heavy (non-hydrogen) atoms. The van der Waals surface area contributed by atoms with Crippen LogP contribution in [0.5, 0.6) is 0 Å². The van der Waals surface area contributed by atoms with Gasteiger partial charge >= 0.3 is 0 Å². The van der Waals surface area contributed by atoms with Crippen LogP contribution in [0.2, 0.25) is 0 Å². The highest BCUT2D eigenvalue weighted by molar-refractivity contribution is 5.19. The Morgan fingerprint density at radius 1 is 1.22 bits per heavy atom. The zero-order valence-corrected chi connectivity index (χ0v) is 18.7. The van der Waals surface area contributed by atoms with Crippen LogP contribution >= 0.6 is 0 Å². The Bertz CT molecular complexity index is 670. The van der Waals surface area contributed by atoms with E-state index >= 15 is 0 Å². The molecule has 150 valence electrons. The Kier molecular flexibility index (Phi) is 4.99. The second-order valence-electron chi connectivity index (χ2n) is 11.5. The van der Waals surface area contributed by atoms with Gasteiger partial charge in [0.15, 0.2) is 0 Å². The van der Waals surface area contributed by atoms with Crippen LogP contribution in [-0.2, 0) is 0 Å². The van der Waals surface area contributed by atoms with Crippen molar-refractivity contribution in [3.8, 4) is 6.07 Å². The smallest absolute Gasteiger partial charge is 0.0661 e. The van der Waals surface area contributed by atoms with Crippen LogP contribution in [0.25, 0.3) is 0 Å². The molecule has 3 saturated carbocycles. The van der Waals surface area contributed by atoms with Gasteiger partial charge in [0.2, 0.25) is 0 Å². The number of nitriles is 1. The third kappa shape index (κ3) is 2.85. The maximum Gasteiger partial charge on any atom is 0.0661 e. The number of hydrogen-bond donors (Lipinski definition) is 0. The van der Waals surface area contributed by atoms with Crippen molar-refractivity contribution in [1.82, 2.24) is 0 Å². The second-order valence-corrected chi connectivity index (χ2v) is 11.5. The SMILES string of the molecule is C=C[C@]1(C)CCC2C(CC(C#N)C3(C)CC(C)(CC)C2(C)C3)C1CC(=C)C. The predicted octanol–water partition coefficient (Wildman–Crippen LogP) is 7.55. The van der Waals surface area contributed by atoms with Crippen LogP contribution in [-0.4, -0.2) is 0 Å². The van der Waals surface area contributed by atoms with Crippen LogP contribution in [0.4, 0.5) is 0 Å². The summed E-state index contributed by atoms with van der Waals surface area (Å²) >= 11 is 0. The standard InChI is InChI=1S/C26H41N/c1-9-23(5)12-11-21-20(22(23)13-18(3)4)14-19(15-27)24(6)16-25(7,10-2)26(21,8)17-24/h9,19-22H,1,3,10-14,16-17H2,2,4-8H3/t19?,20?,21?,22?,23-,24?,25?,26?/m1/s1. The van der Waals surface area contributed by atoms with Crippen molar-refractivity contribution in [2.45, 2.75) is 86.5 Å². The topological polar surface area (TPSA) is 23.8 Å². The summed E-state index contributed by atoms with van der Waals surface area (Å²) in [6.45, 7) is 23.0. The fourth-order valence-electron chi connectivity index (χ4n) is 8.10. The van der Waals surface area contributed by atoms with Crippen LogP contribution in [0.15, 0.2) is 24.8 Å². The fraction of sp³-hybridized carbons (Fsp3) is 0.808. The highest BCUT2D eigenvalue weighted by Crippen LogP contribution is 2.73. The molecule has 0 aromatic carbocycles. The van der Waals surface area contributed by atoms with Gasteiger partial charge in [0.25, 0.3) is 0 Å². The van der Waals surface area contributed by atoms with Crippen molar-refractivity contribution in [2.24, 2.45) is 45.3 Å². The second kappa shape index (κ2) is 6.50. The summed E-state index contributed by atoms with van der Waals surface area (Å²) in [5, 5.41) is 10.2. The molecular weight excluding hydrogens is 326 g/mol. The Morgan fingerprint density at radius 3 is 2.41 bits per heavy atom. The van der Waals surface area contributed by atoms with E-state index in [1.165, 1.54) is 37.7 Å². The lowest BCUT2D eigenvalue weighted by Crippen LogP contribution is -2.50. The Morgan fingerprint density at radius 2 is 1.89 bits per heavy atom. The number of nitrogens with zero attached hydrogens (tertiary/aromatic N) is 1. The molecule has 7 unspecified atom stereocenters. The molecule has 1 heteroatoms. The normalized spacial score (nSPS) is 51.7. The minimum absolute atomic E-state index is 0.170. The van der Waals surface area contributed by atoms with Gasteiger partial charge in [-0.2, -0.15) is 5.26 Å². The average Bonchev–Trinajstić information content (AvgIpc) is 2.75. The van der Waals surface area contributed by atoms with Crippen molar-refractivity contribution in [1.29, 1.82) is 5.26 Å². The molecule has 0 aromatic rings. The lowest BCUT2D eigenvalue weighted by atomic mass is 9.47. The van der Waals surface area contributed by atoms with Crippen LogP contribution in [0.1, 0.15) is 86.5 Å². The van der Waals surface area contributed by atoms with E-state index in [1.807, 2.05) is 0 Å². The van der Waals surface area contributed by atoms with Gasteiger partial charge in [-0.25, -0.2) is 0 Å². The molecule has 0 radical (unpaired) electrons. The summed E-state index contributed by atoms with van der Waals surface area (Å²) in [5.74, 6) is 2.09. The Balaban J connectivity index is 2.14.